The highest BCUT2D eigenvalue weighted by atomic mass is 32.1. The number of nitrogen functional groups attached to an aromatic ring is 1. The Morgan fingerprint density at radius 3 is 2.56 bits per heavy atom. The van der Waals surface area contributed by atoms with Gasteiger partial charge in [-0.1, -0.05) is 6.58 Å². The maximum absolute atomic E-state index is 5.49. The van der Waals surface area contributed by atoms with E-state index in [1.54, 1.807) is 11.3 Å². The van der Waals surface area contributed by atoms with Gasteiger partial charge in [0.15, 0.2) is 0 Å². The monoisotopic (exact) mass is 139 g/mol. The van der Waals surface area contributed by atoms with Gasteiger partial charge in [0.05, 0.1) is 5.00 Å². The van der Waals surface area contributed by atoms with Crippen molar-refractivity contribution in [2.24, 2.45) is 0 Å². The van der Waals surface area contributed by atoms with E-state index in [1.165, 1.54) is 4.88 Å². The van der Waals surface area contributed by atoms with Crippen LogP contribution in [0.2, 0.25) is 0 Å². The van der Waals surface area contributed by atoms with Crippen molar-refractivity contribution in [3.63, 3.8) is 0 Å². The van der Waals surface area contributed by atoms with E-state index >= 15 is 0 Å². The summed E-state index contributed by atoms with van der Waals surface area (Å²) in [5.74, 6) is 0. The topological polar surface area (TPSA) is 26.0 Å². The van der Waals surface area contributed by atoms with Gasteiger partial charge in [-0.2, -0.15) is 0 Å². The summed E-state index contributed by atoms with van der Waals surface area (Å²) in [6.45, 7) is 5.77. The Hall–Kier alpha value is -0.760. The van der Waals surface area contributed by atoms with Gasteiger partial charge in [-0.3, -0.25) is 0 Å². The average molecular weight is 139 g/mol. The van der Waals surface area contributed by atoms with Crippen LogP contribution < -0.4 is 5.73 Å². The summed E-state index contributed by atoms with van der Waals surface area (Å²) in [5.41, 5.74) is 6.57. The maximum Gasteiger partial charge on any atom is 0.0862 e. The van der Waals surface area contributed by atoms with Crippen LogP contribution in [0.25, 0.3) is 5.57 Å². The number of hydrogen-bond acceptors (Lipinski definition) is 2. The summed E-state index contributed by atoms with van der Waals surface area (Å²) in [5, 5.41) is 0.855. The third-order valence-corrected chi connectivity index (χ3v) is 2.12. The zero-order valence-corrected chi connectivity index (χ0v) is 6.16. The molecule has 1 aromatic heterocycles. The number of nitrogens with two attached hydrogens (primary N) is 1. The van der Waals surface area contributed by atoms with E-state index in [0.29, 0.717) is 0 Å². The van der Waals surface area contributed by atoms with Crippen molar-refractivity contribution >= 4 is 21.9 Å². The standard InChI is InChI=1S/C7H9NS/c1-5(2)6-3-4-7(8)9-6/h3-4H,1,8H2,2H3. The summed E-state index contributed by atoms with van der Waals surface area (Å²) in [6, 6.07) is 3.89. The molecule has 0 bridgehead atoms. The van der Waals surface area contributed by atoms with Gasteiger partial charge in [0.1, 0.15) is 0 Å². The van der Waals surface area contributed by atoms with Crippen LogP contribution in [0.1, 0.15) is 11.8 Å². The van der Waals surface area contributed by atoms with E-state index in [0.717, 1.165) is 10.6 Å². The molecule has 1 heterocycles. The minimum Gasteiger partial charge on any atom is -0.391 e. The van der Waals surface area contributed by atoms with Crippen LogP contribution in [0.5, 0.6) is 0 Å². The minimum absolute atomic E-state index is 0.855. The normalized spacial score (nSPS) is 9.44. The van der Waals surface area contributed by atoms with Crippen molar-refractivity contribution in [1.29, 1.82) is 0 Å². The Kier molecular flexibility index (Phi) is 1.58. The Balaban J connectivity index is 2.98. The first-order chi connectivity index (χ1) is 4.20. The van der Waals surface area contributed by atoms with Crippen molar-refractivity contribution in [2.75, 3.05) is 5.73 Å². The second-order valence-electron chi connectivity index (χ2n) is 1.98. The van der Waals surface area contributed by atoms with E-state index in [9.17, 15) is 0 Å². The molecule has 0 radical (unpaired) electrons. The summed E-state index contributed by atoms with van der Waals surface area (Å²) >= 11 is 1.57. The molecule has 0 aliphatic carbocycles. The fourth-order valence-corrected chi connectivity index (χ4v) is 1.28. The van der Waals surface area contributed by atoms with Gasteiger partial charge < -0.3 is 5.73 Å². The molecule has 0 saturated heterocycles. The number of hydrogen-bond donors (Lipinski definition) is 1. The molecule has 0 spiro atoms. The SMILES string of the molecule is C=C(C)c1ccc(N)s1. The maximum atomic E-state index is 5.49. The molecular weight excluding hydrogens is 130 g/mol. The molecule has 0 aliphatic rings. The van der Waals surface area contributed by atoms with E-state index < -0.39 is 0 Å². The van der Waals surface area contributed by atoms with Gasteiger partial charge in [-0.15, -0.1) is 11.3 Å². The van der Waals surface area contributed by atoms with Gasteiger partial charge in [-0.05, 0) is 24.6 Å². The van der Waals surface area contributed by atoms with Gasteiger partial charge >= 0.3 is 0 Å². The molecule has 0 aliphatic heterocycles. The van der Waals surface area contributed by atoms with Crippen molar-refractivity contribution in [2.45, 2.75) is 6.92 Å². The van der Waals surface area contributed by atoms with Crippen LogP contribution in [0.15, 0.2) is 18.7 Å². The fraction of sp³-hybridized carbons (Fsp3) is 0.143. The Bertz CT molecular complexity index is 225. The van der Waals surface area contributed by atoms with Gasteiger partial charge in [0, 0.05) is 4.88 Å². The molecule has 2 heteroatoms. The van der Waals surface area contributed by atoms with E-state index in [1.807, 2.05) is 19.1 Å². The molecule has 1 aromatic rings. The Morgan fingerprint density at radius 1 is 1.67 bits per heavy atom. The molecule has 1 nitrogen and oxygen atoms in total. The predicted molar refractivity (Wildman–Crippen MR) is 43.4 cm³/mol. The molecule has 48 valence electrons. The lowest BCUT2D eigenvalue weighted by atomic mass is 10.3. The summed E-state index contributed by atoms with van der Waals surface area (Å²) in [6.07, 6.45) is 0. The molecular formula is C7H9NS. The summed E-state index contributed by atoms with van der Waals surface area (Å²) in [4.78, 5) is 1.17. The molecule has 0 unspecified atom stereocenters. The third-order valence-electron chi connectivity index (χ3n) is 1.05. The van der Waals surface area contributed by atoms with Gasteiger partial charge in [-0.25, -0.2) is 0 Å². The number of rotatable bonds is 1. The van der Waals surface area contributed by atoms with Gasteiger partial charge in [0.25, 0.3) is 0 Å². The first-order valence-electron chi connectivity index (χ1n) is 2.71. The van der Waals surface area contributed by atoms with Gasteiger partial charge in [0.2, 0.25) is 0 Å². The molecule has 0 fully saturated rings. The lowest BCUT2D eigenvalue weighted by molar-refractivity contribution is 1.74. The largest absolute Gasteiger partial charge is 0.391 e. The van der Waals surface area contributed by atoms with Crippen LogP contribution in [0, 0.1) is 0 Å². The van der Waals surface area contributed by atoms with E-state index in [4.69, 9.17) is 5.73 Å². The zero-order valence-electron chi connectivity index (χ0n) is 5.35. The molecule has 0 saturated carbocycles. The number of allylic oxidation sites excluding steroid dienone is 1. The lowest BCUT2D eigenvalue weighted by Crippen LogP contribution is -1.72. The highest BCUT2D eigenvalue weighted by molar-refractivity contribution is 7.16. The highest BCUT2D eigenvalue weighted by Gasteiger charge is 1.94. The molecule has 2 N–H and O–H groups in total. The number of anilines is 1. The number of thiophene rings is 1. The molecule has 1 rings (SSSR count). The first kappa shape index (κ1) is 6.36. The molecule has 9 heavy (non-hydrogen) atoms. The van der Waals surface area contributed by atoms with Crippen molar-refractivity contribution in [3.05, 3.63) is 23.6 Å². The van der Waals surface area contributed by atoms with Crippen LogP contribution in [-0.4, -0.2) is 0 Å². The van der Waals surface area contributed by atoms with Crippen molar-refractivity contribution in [1.82, 2.24) is 0 Å². The smallest absolute Gasteiger partial charge is 0.0862 e. The molecule has 0 atom stereocenters. The predicted octanol–water partition coefficient (Wildman–Crippen LogP) is 2.36. The van der Waals surface area contributed by atoms with Crippen molar-refractivity contribution < 1.29 is 0 Å². The second kappa shape index (κ2) is 2.23. The Labute approximate surface area is 58.8 Å². The summed E-state index contributed by atoms with van der Waals surface area (Å²) < 4.78 is 0. The van der Waals surface area contributed by atoms with Crippen LogP contribution in [0.3, 0.4) is 0 Å². The van der Waals surface area contributed by atoms with E-state index in [2.05, 4.69) is 6.58 Å². The molecule has 0 aromatic carbocycles. The quantitative estimate of drug-likeness (QED) is 0.635. The molecule has 0 amide bonds. The average Bonchev–Trinajstić information content (AvgIpc) is 2.14. The fourth-order valence-electron chi connectivity index (χ4n) is 0.582. The first-order valence-corrected chi connectivity index (χ1v) is 3.53. The highest BCUT2D eigenvalue weighted by Crippen LogP contribution is 2.23. The third kappa shape index (κ3) is 1.33. The minimum atomic E-state index is 0.855. The van der Waals surface area contributed by atoms with Crippen LogP contribution in [0.4, 0.5) is 5.00 Å². The lowest BCUT2D eigenvalue weighted by Gasteiger charge is -1.87. The zero-order chi connectivity index (χ0) is 6.85. The Morgan fingerprint density at radius 2 is 2.33 bits per heavy atom. The van der Waals surface area contributed by atoms with Crippen LogP contribution >= 0.6 is 11.3 Å². The summed E-state index contributed by atoms with van der Waals surface area (Å²) in [7, 11) is 0. The second-order valence-corrected chi connectivity index (χ2v) is 3.10. The van der Waals surface area contributed by atoms with E-state index in [-0.39, 0.29) is 0 Å². The van der Waals surface area contributed by atoms with Crippen molar-refractivity contribution in [3.8, 4) is 0 Å². The van der Waals surface area contributed by atoms with Crippen LogP contribution in [-0.2, 0) is 0 Å².